The first kappa shape index (κ1) is 4.96. The molecule has 0 saturated heterocycles. The maximum atomic E-state index is 9.62. The molecule has 0 fully saturated rings. The lowest BCUT2D eigenvalue weighted by Gasteiger charge is -1.73. The van der Waals surface area contributed by atoms with Crippen molar-refractivity contribution in [3.8, 4) is 0 Å². The molecule has 1 radical (unpaired) electrons. The fourth-order valence-corrected chi connectivity index (χ4v) is 0.335. The van der Waals surface area contributed by atoms with Gasteiger partial charge in [0, 0.05) is 0 Å². The number of rotatable bonds is 2. The van der Waals surface area contributed by atoms with Gasteiger partial charge in [-0.2, -0.15) is 0 Å². The van der Waals surface area contributed by atoms with Gasteiger partial charge in [0.05, 0.1) is 6.42 Å². The van der Waals surface area contributed by atoms with Crippen LogP contribution in [0.5, 0.6) is 0 Å². The largest absolute Gasteiger partial charge is 0.428 e. The Morgan fingerprint density at radius 1 is 1.88 bits per heavy atom. The lowest BCUT2D eigenvalue weighted by Crippen LogP contribution is -1.83. The molecule has 41 valence electrons. The van der Waals surface area contributed by atoms with Crippen molar-refractivity contribution in [3.05, 3.63) is 12.3 Å². The van der Waals surface area contributed by atoms with E-state index >= 15 is 0 Å². The highest BCUT2D eigenvalue weighted by Gasteiger charge is 1.93. The standard InChI is InChI=1S/C4H3N2O2/c7-2-1-4-6-5-3-8-4/h3H,1H2. The molecule has 1 aromatic heterocycles. The minimum atomic E-state index is 0.0833. The summed E-state index contributed by atoms with van der Waals surface area (Å²) in [6, 6.07) is 0. The Kier molecular flexibility index (Phi) is 1.37. The van der Waals surface area contributed by atoms with Crippen molar-refractivity contribution >= 4 is 6.29 Å². The molecule has 4 heteroatoms. The summed E-state index contributed by atoms with van der Waals surface area (Å²) in [6.07, 6.45) is 2.88. The molecular formula is C4H3N2O2. The Morgan fingerprint density at radius 3 is 3.25 bits per heavy atom. The van der Waals surface area contributed by atoms with Crippen LogP contribution in [0.3, 0.4) is 0 Å². The zero-order valence-electron chi connectivity index (χ0n) is 4.00. The van der Waals surface area contributed by atoms with Crippen LogP contribution < -0.4 is 0 Å². The third-order valence-electron chi connectivity index (χ3n) is 0.629. The summed E-state index contributed by atoms with van der Waals surface area (Å²) in [5.41, 5.74) is 0. The van der Waals surface area contributed by atoms with Crippen molar-refractivity contribution < 1.29 is 9.21 Å². The van der Waals surface area contributed by atoms with Gasteiger partial charge in [0.15, 0.2) is 0 Å². The molecule has 1 heterocycles. The fraction of sp³-hybridized carbons (Fsp3) is 0.250. The van der Waals surface area contributed by atoms with E-state index in [0.29, 0.717) is 5.89 Å². The minimum Gasteiger partial charge on any atom is -0.428 e. The number of hydrogen-bond acceptors (Lipinski definition) is 4. The molecular weight excluding hydrogens is 108 g/mol. The number of hydrogen-bond donors (Lipinski definition) is 0. The summed E-state index contributed by atoms with van der Waals surface area (Å²) >= 11 is 0. The van der Waals surface area contributed by atoms with Crippen molar-refractivity contribution in [1.82, 2.24) is 10.2 Å². The van der Waals surface area contributed by atoms with Crippen molar-refractivity contribution in [2.45, 2.75) is 6.42 Å². The summed E-state index contributed by atoms with van der Waals surface area (Å²) in [5.74, 6) is 0.306. The summed E-state index contributed by atoms with van der Waals surface area (Å²) in [4.78, 5) is 9.62. The van der Waals surface area contributed by atoms with Crippen LogP contribution in [-0.4, -0.2) is 16.5 Å². The van der Waals surface area contributed by atoms with E-state index in [-0.39, 0.29) is 6.42 Å². The van der Waals surface area contributed by atoms with Crippen LogP contribution in [0.15, 0.2) is 10.8 Å². The minimum absolute atomic E-state index is 0.0833. The molecule has 0 N–H and O–H groups in total. The fourth-order valence-electron chi connectivity index (χ4n) is 0.335. The molecule has 8 heavy (non-hydrogen) atoms. The third kappa shape index (κ3) is 0.900. The highest BCUT2D eigenvalue weighted by molar-refractivity contribution is 5.52. The van der Waals surface area contributed by atoms with Crippen LogP contribution in [0.2, 0.25) is 0 Å². The molecule has 0 aliphatic rings. The molecule has 0 unspecified atom stereocenters. The topological polar surface area (TPSA) is 56.0 Å². The monoisotopic (exact) mass is 111 g/mol. The summed E-state index contributed by atoms with van der Waals surface area (Å²) in [6.45, 7) is 0. The normalized spacial score (nSPS) is 9.00. The highest BCUT2D eigenvalue weighted by Crippen LogP contribution is 1.87. The molecule has 0 spiro atoms. The lowest BCUT2D eigenvalue weighted by atomic mass is 10.5. The summed E-state index contributed by atoms with van der Waals surface area (Å²) in [5, 5.41) is 6.77. The van der Waals surface area contributed by atoms with E-state index in [2.05, 4.69) is 14.6 Å². The van der Waals surface area contributed by atoms with E-state index in [4.69, 9.17) is 0 Å². The molecule has 0 bridgehead atoms. The van der Waals surface area contributed by atoms with Crippen LogP contribution in [0.4, 0.5) is 0 Å². The Hall–Kier alpha value is -1.19. The maximum Gasteiger partial charge on any atom is 0.224 e. The van der Waals surface area contributed by atoms with E-state index in [1.807, 2.05) is 0 Å². The second kappa shape index (κ2) is 2.20. The summed E-state index contributed by atoms with van der Waals surface area (Å²) < 4.78 is 4.59. The van der Waals surface area contributed by atoms with Gasteiger partial charge in [-0.15, -0.1) is 10.2 Å². The Balaban J connectivity index is 2.62. The zero-order chi connectivity index (χ0) is 5.82. The van der Waals surface area contributed by atoms with Gasteiger partial charge in [-0.25, -0.2) is 0 Å². The molecule has 0 aromatic carbocycles. The van der Waals surface area contributed by atoms with Gasteiger partial charge in [0.1, 0.15) is 0 Å². The maximum absolute atomic E-state index is 9.62. The van der Waals surface area contributed by atoms with E-state index in [0.717, 1.165) is 0 Å². The van der Waals surface area contributed by atoms with Crippen molar-refractivity contribution in [1.29, 1.82) is 0 Å². The van der Waals surface area contributed by atoms with Gasteiger partial charge in [-0.1, -0.05) is 0 Å². The smallest absolute Gasteiger partial charge is 0.224 e. The average molecular weight is 111 g/mol. The van der Waals surface area contributed by atoms with Crippen LogP contribution in [0, 0.1) is 0 Å². The van der Waals surface area contributed by atoms with Crippen molar-refractivity contribution in [2.24, 2.45) is 0 Å². The summed E-state index contributed by atoms with van der Waals surface area (Å²) in [7, 11) is 0. The van der Waals surface area contributed by atoms with Crippen LogP contribution in [-0.2, 0) is 11.2 Å². The van der Waals surface area contributed by atoms with Gasteiger partial charge < -0.3 is 4.42 Å². The average Bonchev–Trinajstić information content (AvgIpc) is 2.19. The van der Waals surface area contributed by atoms with Gasteiger partial charge >= 0.3 is 0 Å². The number of nitrogens with zero attached hydrogens (tertiary/aromatic N) is 2. The molecule has 0 aliphatic heterocycles. The van der Waals surface area contributed by atoms with Crippen molar-refractivity contribution in [3.63, 3.8) is 0 Å². The Bertz CT molecular complexity index is 159. The number of aromatic nitrogens is 2. The number of carbonyl (C=O) groups excluding carboxylic acids is 1. The van der Waals surface area contributed by atoms with Gasteiger partial charge in [-0.3, -0.25) is 4.79 Å². The van der Waals surface area contributed by atoms with Gasteiger partial charge in [0.2, 0.25) is 18.6 Å². The van der Waals surface area contributed by atoms with E-state index in [1.54, 1.807) is 6.29 Å². The first-order chi connectivity index (χ1) is 3.93. The molecule has 1 rings (SSSR count). The van der Waals surface area contributed by atoms with Crippen LogP contribution in [0.25, 0.3) is 0 Å². The lowest BCUT2D eigenvalue weighted by molar-refractivity contribution is 0.498. The Morgan fingerprint density at radius 2 is 2.75 bits per heavy atom. The third-order valence-corrected chi connectivity index (χ3v) is 0.629. The second-order valence-electron chi connectivity index (χ2n) is 1.15. The SMILES string of the molecule is O=[C]Cc1nnco1. The molecule has 0 saturated carbocycles. The quantitative estimate of drug-likeness (QED) is 0.526. The van der Waals surface area contributed by atoms with E-state index in [1.165, 1.54) is 6.39 Å². The highest BCUT2D eigenvalue weighted by atomic mass is 16.4. The van der Waals surface area contributed by atoms with Crippen LogP contribution >= 0.6 is 0 Å². The molecule has 0 aliphatic carbocycles. The van der Waals surface area contributed by atoms with Crippen LogP contribution in [0.1, 0.15) is 5.89 Å². The van der Waals surface area contributed by atoms with Gasteiger partial charge in [-0.05, 0) is 0 Å². The molecule has 0 atom stereocenters. The van der Waals surface area contributed by atoms with E-state index < -0.39 is 0 Å². The molecule has 0 amide bonds. The zero-order valence-corrected chi connectivity index (χ0v) is 4.00. The molecule has 4 nitrogen and oxygen atoms in total. The predicted molar refractivity (Wildman–Crippen MR) is 23.7 cm³/mol. The second-order valence-corrected chi connectivity index (χ2v) is 1.15. The predicted octanol–water partition coefficient (Wildman–Crippen LogP) is -0.278. The molecule has 1 aromatic rings. The first-order valence-electron chi connectivity index (χ1n) is 2.03. The first-order valence-corrected chi connectivity index (χ1v) is 2.03. The Labute approximate surface area is 45.5 Å². The van der Waals surface area contributed by atoms with Crippen molar-refractivity contribution in [2.75, 3.05) is 0 Å². The van der Waals surface area contributed by atoms with Gasteiger partial charge in [0.25, 0.3) is 0 Å². The van der Waals surface area contributed by atoms with E-state index in [9.17, 15) is 4.79 Å².